The van der Waals surface area contributed by atoms with Crippen molar-refractivity contribution < 1.29 is 14.7 Å². The average molecular weight is 314 g/mol. The summed E-state index contributed by atoms with van der Waals surface area (Å²) in [6.07, 6.45) is 3.20. The molecule has 0 aromatic carbocycles. The highest BCUT2D eigenvalue weighted by atomic mass is 32.2. The number of hydrogen-bond acceptors (Lipinski definition) is 3. The molecule has 0 spiro atoms. The molecular formula is C15H26N2O3S. The molecule has 21 heavy (non-hydrogen) atoms. The van der Waals surface area contributed by atoms with Crippen LogP contribution in [-0.4, -0.2) is 57.2 Å². The molecule has 2 aliphatic heterocycles. The fraction of sp³-hybridized carbons (Fsp3) is 0.867. The van der Waals surface area contributed by atoms with Gasteiger partial charge in [-0.15, -0.1) is 11.8 Å². The highest BCUT2D eigenvalue weighted by Gasteiger charge is 2.41. The number of nitrogens with zero attached hydrogens (tertiary/aromatic N) is 2. The molecule has 2 heterocycles. The number of rotatable bonds is 2. The van der Waals surface area contributed by atoms with Gasteiger partial charge in [-0.3, -0.25) is 4.90 Å². The second-order valence-corrected chi connectivity index (χ2v) is 7.75. The van der Waals surface area contributed by atoms with Crippen LogP contribution in [0.3, 0.4) is 0 Å². The van der Waals surface area contributed by atoms with Crippen LogP contribution in [-0.2, 0) is 4.79 Å². The number of thioether (sulfide) groups is 1. The largest absolute Gasteiger partial charge is 0.480 e. The summed E-state index contributed by atoms with van der Waals surface area (Å²) in [5, 5.41) is 9.24. The third-order valence-electron chi connectivity index (χ3n) is 4.71. The van der Waals surface area contributed by atoms with Gasteiger partial charge < -0.3 is 10.0 Å². The lowest BCUT2D eigenvalue weighted by atomic mass is 9.89. The van der Waals surface area contributed by atoms with E-state index in [9.17, 15) is 14.7 Å². The average Bonchev–Trinajstić information content (AvgIpc) is 2.66. The molecule has 0 bridgehead atoms. The van der Waals surface area contributed by atoms with Crippen molar-refractivity contribution in [2.75, 3.05) is 18.8 Å². The first-order valence-corrected chi connectivity index (χ1v) is 8.88. The maximum Gasteiger partial charge on any atom is 0.327 e. The molecule has 3 unspecified atom stereocenters. The predicted octanol–water partition coefficient (Wildman–Crippen LogP) is 2.71. The van der Waals surface area contributed by atoms with Crippen molar-refractivity contribution in [1.29, 1.82) is 0 Å². The number of hydrogen-bond donors (Lipinski definition) is 1. The van der Waals surface area contributed by atoms with Crippen molar-refractivity contribution in [3.63, 3.8) is 0 Å². The molecule has 0 saturated carbocycles. The molecule has 120 valence electrons. The Balaban J connectivity index is 2.03. The fourth-order valence-corrected chi connectivity index (χ4v) is 4.43. The molecule has 2 saturated heterocycles. The van der Waals surface area contributed by atoms with Gasteiger partial charge in [-0.25, -0.2) is 9.59 Å². The second-order valence-electron chi connectivity index (χ2n) is 6.40. The lowest BCUT2D eigenvalue weighted by Crippen LogP contribution is -2.51. The van der Waals surface area contributed by atoms with Crippen molar-refractivity contribution in [1.82, 2.24) is 9.80 Å². The Labute approximate surface area is 131 Å². The summed E-state index contributed by atoms with van der Waals surface area (Å²) < 4.78 is 0. The van der Waals surface area contributed by atoms with Gasteiger partial charge in [0, 0.05) is 18.8 Å². The quantitative estimate of drug-likeness (QED) is 0.851. The van der Waals surface area contributed by atoms with Crippen molar-refractivity contribution in [3.05, 3.63) is 0 Å². The van der Waals surface area contributed by atoms with Crippen LogP contribution < -0.4 is 0 Å². The monoisotopic (exact) mass is 314 g/mol. The Morgan fingerprint density at radius 1 is 1.24 bits per heavy atom. The van der Waals surface area contributed by atoms with E-state index >= 15 is 0 Å². The van der Waals surface area contributed by atoms with E-state index in [1.807, 2.05) is 11.8 Å². The van der Waals surface area contributed by atoms with Gasteiger partial charge in [0.05, 0.1) is 5.37 Å². The zero-order valence-corrected chi connectivity index (χ0v) is 13.9. The Morgan fingerprint density at radius 2 is 1.95 bits per heavy atom. The molecule has 5 nitrogen and oxygen atoms in total. The van der Waals surface area contributed by atoms with Crippen molar-refractivity contribution in [2.24, 2.45) is 11.8 Å². The van der Waals surface area contributed by atoms with E-state index in [1.54, 1.807) is 16.7 Å². The van der Waals surface area contributed by atoms with E-state index < -0.39 is 12.0 Å². The molecule has 3 atom stereocenters. The SMILES string of the molecule is CC(C)C1CCCN(C(=O)N2C(C)SCC2C(=O)O)CC1. The van der Waals surface area contributed by atoms with Gasteiger partial charge in [0.25, 0.3) is 0 Å². The van der Waals surface area contributed by atoms with Crippen molar-refractivity contribution in [3.8, 4) is 0 Å². The zero-order chi connectivity index (χ0) is 15.6. The van der Waals surface area contributed by atoms with Crippen LogP contribution in [0.4, 0.5) is 4.79 Å². The van der Waals surface area contributed by atoms with Crippen LogP contribution in [0.25, 0.3) is 0 Å². The predicted molar refractivity (Wildman–Crippen MR) is 84.3 cm³/mol. The molecule has 0 radical (unpaired) electrons. The third-order valence-corrected chi connectivity index (χ3v) is 5.93. The van der Waals surface area contributed by atoms with Gasteiger partial charge in [-0.05, 0) is 38.0 Å². The fourth-order valence-electron chi connectivity index (χ4n) is 3.27. The van der Waals surface area contributed by atoms with E-state index in [0.29, 0.717) is 17.6 Å². The molecule has 0 aromatic heterocycles. The number of carbonyl (C=O) groups is 2. The zero-order valence-electron chi connectivity index (χ0n) is 13.1. The number of urea groups is 1. The molecule has 6 heteroatoms. The third kappa shape index (κ3) is 3.65. The lowest BCUT2D eigenvalue weighted by molar-refractivity contribution is -0.141. The van der Waals surface area contributed by atoms with Crippen LogP contribution in [0.5, 0.6) is 0 Å². The van der Waals surface area contributed by atoms with Crippen molar-refractivity contribution >= 4 is 23.8 Å². The highest BCUT2D eigenvalue weighted by Crippen LogP contribution is 2.31. The topological polar surface area (TPSA) is 60.9 Å². The summed E-state index contributed by atoms with van der Waals surface area (Å²) in [5.74, 6) is 0.914. The van der Waals surface area contributed by atoms with E-state index in [-0.39, 0.29) is 11.4 Å². The molecule has 2 amide bonds. The number of aliphatic carboxylic acids is 1. The molecule has 2 fully saturated rings. The van der Waals surface area contributed by atoms with Gasteiger partial charge in [0.1, 0.15) is 6.04 Å². The van der Waals surface area contributed by atoms with E-state index in [2.05, 4.69) is 13.8 Å². The van der Waals surface area contributed by atoms with Crippen molar-refractivity contribution in [2.45, 2.75) is 51.4 Å². The molecule has 0 aliphatic carbocycles. The summed E-state index contributed by atoms with van der Waals surface area (Å²) in [7, 11) is 0. The van der Waals surface area contributed by atoms with Gasteiger partial charge in [-0.1, -0.05) is 13.8 Å². The second kappa shape index (κ2) is 6.90. The Kier molecular flexibility index (Phi) is 5.41. The minimum Gasteiger partial charge on any atom is -0.480 e. The summed E-state index contributed by atoms with van der Waals surface area (Å²) in [4.78, 5) is 27.5. The molecule has 2 rings (SSSR count). The van der Waals surface area contributed by atoms with Crippen LogP contribution in [0.2, 0.25) is 0 Å². The standard InChI is InChI=1S/C15H26N2O3S/c1-10(2)12-5-4-7-16(8-6-12)15(20)17-11(3)21-9-13(17)14(18)19/h10-13H,4-9H2,1-3H3,(H,18,19). The van der Waals surface area contributed by atoms with Crippen LogP contribution in [0.15, 0.2) is 0 Å². The van der Waals surface area contributed by atoms with Gasteiger partial charge >= 0.3 is 12.0 Å². The highest BCUT2D eigenvalue weighted by molar-refractivity contribution is 8.00. The number of carboxylic acid groups (broad SMARTS) is 1. The maximum absolute atomic E-state index is 12.7. The summed E-state index contributed by atoms with van der Waals surface area (Å²) in [6.45, 7) is 7.90. The molecule has 2 aliphatic rings. The van der Waals surface area contributed by atoms with Crippen LogP contribution in [0.1, 0.15) is 40.0 Å². The smallest absolute Gasteiger partial charge is 0.327 e. The van der Waals surface area contributed by atoms with Gasteiger partial charge in [0.2, 0.25) is 0 Å². The van der Waals surface area contributed by atoms with Gasteiger partial charge in [-0.2, -0.15) is 0 Å². The van der Waals surface area contributed by atoms with E-state index in [4.69, 9.17) is 0 Å². The number of amides is 2. The van der Waals surface area contributed by atoms with E-state index in [1.165, 1.54) is 0 Å². The van der Waals surface area contributed by atoms with Crippen LogP contribution in [0, 0.1) is 11.8 Å². The Hall–Kier alpha value is -0.910. The normalized spacial score (nSPS) is 30.6. The minimum absolute atomic E-state index is 0.0530. The maximum atomic E-state index is 12.7. The van der Waals surface area contributed by atoms with Crippen LogP contribution >= 0.6 is 11.8 Å². The Bertz CT molecular complexity index is 402. The Morgan fingerprint density at radius 3 is 2.57 bits per heavy atom. The summed E-state index contributed by atoms with van der Waals surface area (Å²) in [6, 6.07) is -0.772. The summed E-state index contributed by atoms with van der Waals surface area (Å²) in [5.41, 5.74) is 0. The molecule has 1 N–H and O–H groups in total. The first kappa shape index (κ1) is 16.5. The number of likely N-dealkylation sites (tertiary alicyclic amines) is 1. The number of carboxylic acids is 1. The molecule has 0 aromatic rings. The minimum atomic E-state index is -0.893. The van der Waals surface area contributed by atoms with Gasteiger partial charge in [0.15, 0.2) is 0 Å². The number of carbonyl (C=O) groups excluding carboxylic acids is 1. The first-order valence-electron chi connectivity index (χ1n) is 7.83. The molecular weight excluding hydrogens is 288 g/mol. The van der Waals surface area contributed by atoms with E-state index in [0.717, 1.165) is 32.4 Å². The lowest BCUT2D eigenvalue weighted by Gasteiger charge is -2.31. The summed E-state index contributed by atoms with van der Waals surface area (Å²) >= 11 is 1.54. The first-order chi connectivity index (χ1) is 9.91.